The van der Waals surface area contributed by atoms with E-state index in [9.17, 15) is 14.3 Å². The minimum atomic E-state index is -0.720. The average molecular weight is 322 g/mol. The van der Waals surface area contributed by atoms with E-state index >= 15 is 0 Å². The zero-order valence-electron chi connectivity index (χ0n) is 12.9. The maximum atomic E-state index is 13.8. The monoisotopic (exact) mass is 322 g/mol. The van der Waals surface area contributed by atoms with Crippen LogP contribution in [-0.4, -0.2) is 29.0 Å². The molecule has 4 nitrogen and oxygen atoms in total. The summed E-state index contributed by atoms with van der Waals surface area (Å²) in [4.78, 5) is 13.9. The van der Waals surface area contributed by atoms with Crippen molar-refractivity contribution in [2.24, 2.45) is 0 Å². The fourth-order valence-corrected chi connectivity index (χ4v) is 2.76. The Hall–Kier alpha value is -3.13. The SMILES string of the molecule is N#Cc1ccc(C2=CCN(C(=O)c3c(O)cccc3F)CC2)cc1. The predicted molar refractivity (Wildman–Crippen MR) is 87.7 cm³/mol. The van der Waals surface area contributed by atoms with Gasteiger partial charge in [-0.15, -0.1) is 0 Å². The summed E-state index contributed by atoms with van der Waals surface area (Å²) >= 11 is 0. The van der Waals surface area contributed by atoms with Crippen LogP contribution in [0.4, 0.5) is 4.39 Å². The molecule has 0 bridgehead atoms. The van der Waals surface area contributed by atoms with Crippen LogP contribution in [0.2, 0.25) is 0 Å². The summed E-state index contributed by atoms with van der Waals surface area (Å²) in [6, 6.07) is 13.2. The van der Waals surface area contributed by atoms with Gasteiger partial charge in [0.15, 0.2) is 0 Å². The fraction of sp³-hybridized carbons (Fsp3) is 0.158. The molecule has 5 heteroatoms. The minimum absolute atomic E-state index is 0.285. The first-order chi connectivity index (χ1) is 11.6. The standard InChI is InChI=1S/C19H15FN2O2/c20-16-2-1-3-17(23)18(16)19(24)22-10-8-15(9-11-22)14-6-4-13(12-21)5-7-14/h1-8,23H,9-11H2. The molecule has 0 saturated heterocycles. The van der Waals surface area contributed by atoms with Crippen molar-refractivity contribution in [3.63, 3.8) is 0 Å². The summed E-state index contributed by atoms with van der Waals surface area (Å²) in [5.41, 5.74) is 2.41. The van der Waals surface area contributed by atoms with Gasteiger partial charge in [-0.05, 0) is 41.8 Å². The third kappa shape index (κ3) is 2.99. The van der Waals surface area contributed by atoms with Crippen LogP contribution in [0.15, 0.2) is 48.5 Å². The molecule has 0 fully saturated rings. The zero-order chi connectivity index (χ0) is 17.1. The lowest BCUT2D eigenvalue weighted by Crippen LogP contribution is -2.35. The van der Waals surface area contributed by atoms with Crippen molar-refractivity contribution < 1.29 is 14.3 Å². The predicted octanol–water partition coefficient (Wildman–Crippen LogP) is 3.33. The number of hydrogen-bond acceptors (Lipinski definition) is 3. The maximum absolute atomic E-state index is 13.8. The molecule has 2 aromatic carbocycles. The summed E-state index contributed by atoms with van der Waals surface area (Å²) in [5, 5.41) is 18.6. The highest BCUT2D eigenvalue weighted by atomic mass is 19.1. The normalized spacial score (nSPS) is 14.0. The van der Waals surface area contributed by atoms with Gasteiger partial charge in [-0.1, -0.05) is 24.3 Å². The molecule has 1 aliphatic heterocycles. The van der Waals surface area contributed by atoms with Crippen molar-refractivity contribution in [3.05, 3.63) is 71.0 Å². The van der Waals surface area contributed by atoms with Crippen LogP contribution in [0, 0.1) is 17.1 Å². The summed E-state index contributed by atoms with van der Waals surface area (Å²) < 4.78 is 13.8. The van der Waals surface area contributed by atoms with E-state index in [2.05, 4.69) is 6.07 Å². The van der Waals surface area contributed by atoms with Crippen LogP contribution in [0.25, 0.3) is 5.57 Å². The van der Waals surface area contributed by atoms with Crippen molar-refractivity contribution >= 4 is 11.5 Å². The molecule has 3 rings (SSSR count). The first kappa shape index (κ1) is 15.8. The number of halogens is 1. The lowest BCUT2D eigenvalue weighted by molar-refractivity contribution is 0.0765. The molecular weight excluding hydrogens is 307 g/mol. The number of carbonyl (C=O) groups excluding carboxylic acids is 1. The Bertz CT molecular complexity index is 830. The Balaban J connectivity index is 1.77. The molecule has 1 amide bonds. The van der Waals surface area contributed by atoms with E-state index in [1.54, 1.807) is 12.1 Å². The molecule has 1 N–H and O–H groups in total. The van der Waals surface area contributed by atoms with E-state index in [0.29, 0.717) is 25.1 Å². The number of amides is 1. The smallest absolute Gasteiger partial charge is 0.260 e. The highest BCUT2D eigenvalue weighted by molar-refractivity contribution is 5.97. The Morgan fingerprint density at radius 3 is 2.54 bits per heavy atom. The maximum Gasteiger partial charge on any atom is 0.260 e. The van der Waals surface area contributed by atoms with Crippen molar-refractivity contribution in [1.29, 1.82) is 5.26 Å². The summed E-state index contributed by atoms with van der Waals surface area (Å²) in [6.45, 7) is 0.792. The van der Waals surface area contributed by atoms with Gasteiger partial charge in [0.25, 0.3) is 5.91 Å². The molecule has 1 heterocycles. The molecule has 0 aliphatic carbocycles. The minimum Gasteiger partial charge on any atom is -0.507 e. The van der Waals surface area contributed by atoms with Crippen LogP contribution in [0.1, 0.15) is 27.9 Å². The number of phenols is 1. The van der Waals surface area contributed by atoms with E-state index in [1.807, 2.05) is 18.2 Å². The highest BCUT2D eigenvalue weighted by Crippen LogP contribution is 2.26. The number of rotatable bonds is 2. The van der Waals surface area contributed by atoms with Gasteiger partial charge in [0, 0.05) is 13.1 Å². The van der Waals surface area contributed by atoms with Crippen molar-refractivity contribution in [2.45, 2.75) is 6.42 Å². The second-order valence-corrected chi connectivity index (χ2v) is 5.55. The van der Waals surface area contributed by atoms with Crippen molar-refractivity contribution in [2.75, 3.05) is 13.1 Å². The molecule has 0 atom stereocenters. The number of benzene rings is 2. The molecule has 0 saturated carbocycles. The van der Waals surface area contributed by atoms with Crippen LogP contribution in [-0.2, 0) is 0 Å². The van der Waals surface area contributed by atoms with Crippen LogP contribution in [0.5, 0.6) is 5.75 Å². The topological polar surface area (TPSA) is 64.3 Å². The summed E-state index contributed by atoms with van der Waals surface area (Å²) in [7, 11) is 0. The third-order valence-electron chi connectivity index (χ3n) is 4.09. The molecule has 1 aliphatic rings. The summed E-state index contributed by atoms with van der Waals surface area (Å²) in [6.07, 6.45) is 2.55. The molecule has 0 unspecified atom stereocenters. The second kappa shape index (κ2) is 6.55. The van der Waals surface area contributed by atoms with E-state index in [-0.39, 0.29) is 11.3 Å². The molecule has 0 radical (unpaired) electrons. The van der Waals surface area contributed by atoms with Gasteiger partial charge in [0.05, 0.1) is 11.6 Å². The molecular formula is C19H15FN2O2. The number of hydrogen-bond donors (Lipinski definition) is 1. The van der Waals surface area contributed by atoms with Gasteiger partial charge in [-0.25, -0.2) is 4.39 Å². The Morgan fingerprint density at radius 2 is 1.96 bits per heavy atom. The summed E-state index contributed by atoms with van der Waals surface area (Å²) in [5.74, 6) is -1.58. The van der Waals surface area contributed by atoms with Crippen LogP contribution < -0.4 is 0 Å². The first-order valence-corrected chi connectivity index (χ1v) is 7.56. The number of carbonyl (C=O) groups is 1. The van der Waals surface area contributed by atoms with Gasteiger partial charge in [-0.2, -0.15) is 5.26 Å². The Labute approximate surface area is 139 Å². The van der Waals surface area contributed by atoms with Crippen molar-refractivity contribution in [1.82, 2.24) is 4.90 Å². The van der Waals surface area contributed by atoms with Crippen molar-refractivity contribution in [3.8, 4) is 11.8 Å². The molecule has 24 heavy (non-hydrogen) atoms. The van der Waals surface area contributed by atoms with E-state index in [4.69, 9.17) is 5.26 Å². The van der Waals surface area contributed by atoms with E-state index in [0.717, 1.165) is 17.2 Å². The highest BCUT2D eigenvalue weighted by Gasteiger charge is 2.24. The second-order valence-electron chi connectivity index (χ2n) is 5.55. The van der Waals surface area contributed by atoms with E-state index < -0.39 is 11.7 Å². The van der Waals surface area contributed by atoms with Gasteiger partial charge in [-0.3, -0.25) is 4.79 Å². The van der Waals surface area contributed by atoms with Gasteiger partial charge < -0.3 is 10.0 Å². The molecule has 0 aromatic heterocycles. The first-order valence-electron chi connectivity index (χ1n) is 7.56. The average Bonchev–Trinajstić information content (AvgIpc) is 2.62. The quantitative estimate of drug-likeness (QED) is 0.922. The Kier molecular flexibility index (Phi) is 4.30. The number of phenolic OH excluding ortho intramolecular Hbond substituents is 1. The molecule has 0 spiro atoms. The zero-order valence-corrected chi connectivity index (χ0v) is 12.9. The lowest BCUT2D eigenvalue weighted by atomic mass is 9.98. The molecule has 2 aromatic rings. The third-order valence-corrected chi connectivity index (χ3v) is 4.09. The molecule has 120 valence electrons. The fourth-order valence-electron chi connectivity index (χ4n) is 2.76. The number of aromatic hydroxyl groups is 1. The van der Waals surface area contributed by atoms with Crippen LogP contribution >= 0.6 is 0 Å². The van der Waals surface area contributed by atoms with Gasteiger partial charge in [0.2, 0.25) is 0 Å². The van der Waals surface area contributed by atoms with Crippen LogP contribution in [0.3, 0.4) is 0 Å². The lowest BCUT2D eigenvalue weighted by Gasteiger charge is -2.27. The largest absolute Gasteiger partial charge is 0.507 e. The van der Waals surface area contributed by atoms with Gasteiger partial charge in [0.1, 0.15) is 17.1 Å². The van der Waals surface area contributed by atoms with Gasteiger partial charge >= 0.3 is 0 Å². The number of nitriles is 1. The van der Waals surface area contributed by atoms with E-state index in [1.165, 1.54) is 17.0 Å². The Morgan fingerprint density at radius 1 is 1.21 bits per heavy atom. The number of nitrogens with zero attached hydrogens (tertiary/aromatic N) is 2.